The lowest BCUT2D eigenvalue weighted by Crippen LogP contribution is -2.63. The number of fused-ring (bicyclic) bond motifs is 1. The summed E-state index contributed by atoms with van der Waals surface area (Å²) in [6.07, 6.45) is 1.05. The van der Waals surface area contributed by atoms with Crippen molar-refractivity contribution < 1.29 is 13.9 Å². The van der Waals surface area contributed by atoms with E-state index < -0.39 is 21.7 Å². The van der Waals surface area contributed by atoms with Gasteiger partial charge in [0, 0.05) is 22.3 Å². The molecule has 0 saturated carbocycles. The molecule has 0 radical (unpaired) electrons. The molecule has 0 spiro atoms. The Hall–Kier alpha value is -3.30. The molecule has 2 nitrogen and oxygen atoms in total. The Labute approximate surface area is 255 Å². The van der Waals surface area contributed by atoms with Gasteiger partial charge in [0.2, 0.25) is 0 Å². The van der Waals surface area contributed by atoms with Gasteiger partial charge in [-0.15, -0.1) is 0 Å². The first-order valence-corrected chi connectivity index (χ1v) is 15.1. The highest BCUT2D eigenvalue weighted by atomic mass is 35.5. The van der Waals surface area contributed by atoms with E-state index >= 15 is 0 Å². The van der Waals surface area contributed by atoms with E-state index in [0.717, 1.165) is 29.0 Å². The monoisotopic (exact) mass is 584 g/mol. The Morgan fingerprint density at radius 1 is 0.690 bits per heavy atom. The molecule has 3 atom stereocenters. The van der Waals surface area contributed by atoms with Crippen LogP contribution in [0.2, 0.25) is 5.02 Å². The smallest absolute Gasteiger partial charge is 0.123 e. The van der Waals surface area contributed by atoms with Crippen molar-refractivity contribution in [3.63, 3.8) is 0 Å². The van der Waals surface area contributed by atoms with Gasteiger partial charge in [-0.2, -0.15) is 0 Å². The molecule has 0 fully saturated rings. The number of halogens is 2. The van der Waals surface area contributed by atoms with E-state index in [1.807, 2.05) is 36.4 Å². The fourth-order valence-electron chi connectivity index (χ4n) is 7.51. The van der Waals surface area contributed by atoms with Gasteiger partial charge in [-0.1, -0.05) is 102 Å². The highest BCUT2D eigenvalue weighted by molar-refractivity contribution is 6.30. The van der Waals surface area contributed by atoms with Crippen LogP contribution >= 0.6 is 11.6 Å². The molecular formula is C38H42ClFO2. The minimum atomic E-state index is -0.565. The average Bonchev–Trinajstić information content (AvgIpc) is 3.36. The summed E-state index contributed by atoms with van der Waals surface area (Å²) in [5.41, 5.74) is 3.91. The molecule has 0 aromatic heterocycles. The van der Waals surface area contributed by atoms with Crippen molar-refractivity contribution in [3.05, 3.63) is 130 Å². The minimum absolute atomic E-state index is 0.162. The second kappa shape index (κ2) is 10.8. The zero-order chi connectivity index (χ0) is 30.5. The van der Waals surface area contributed by atoms with E-state index in [2.05, 4.69) is 90.9 Å². The summed E-state index contributed by atoms with van der Waals surface area (Å²) in [6.45, 7) is 16.1. The molecule has 4 heteroatoms. The summed E-state index contributed by atoms with van der Waals surface area (Å²) in [7, 11) is 1.69. The zero-order valence-corrected chi connectivity index (χ0v) is 26.8. The van der Waals surface area contributed by atoms with Gasteiger partial charge in [0.15, 0.2) is 0 Å². The van der Waals surface area contributed by atoms with Gasteiger partial charge in [-0.05, 0) is 88.0 Å². The fourth-order valence-corrected chi connectivity index (χ4v) is 7.64. The van der Waals surface area contributed by atoms with Crippen molar-refractivity contribution in [1.29, 1.82) is 0 Å². The SMILES string of the molecule is COc1ccc(C(C)(C)[C@](C)(c2ccc(Cl)cc2)[C@](C)(c2ccc(F)cc2)C(C)(C)c2ccc3c(c2)CC(C)O3)cc1. The Kier molecular flexibility index (Phi) is 7.73. The van der Waals surface area contributed by atoms with Crippen molar-refractivity contribution >= 4 is 11.6 Å². The Balaban J connectivity index is 1.84. The molecule has 0 aliphatic carbocycles. The molecule has 220 valence electrons. The van der Waals surface area contributed by atoms with Crippen molar-refractivity contribution in [1.82, 2.24) is 0 Å². The maximum Gasteiger partial charge on any atom is 0.123 e. The molecule has 1 aliphatic heterocycles. The van der Waals surface area contributed by atoms with E-state index in [1.165, 1.54) is 16.7 Å². The summed E-state index contributed by atoms with van der Waals surface area (Å²) < 4.78 is 26.1. The van der Waals surface area contributed by atoms with Gasteiger partial charge in [-0.25, -0.2) is 4.39 Å². The van der Waals surface area contributed by atoms with Crippen LogP contribution in [0.1, 0.15) is 76.3 Å². The number of ether oxygens (including phenoxy) is 2. The van der Waals surface area contributed by atoms with Gasteiger partial charge in [-0.3, -0.25) is 0 Å². The first-order chi connectivity index (χ1) is 19.8. The van der Waals surface area contributed by atoms with Crippen LogP contribution in [0.3, 0.4) is 0 Å². The van der Waals surface area contributed by atoms with Crippen LogP contribution in [-0.2, 0) is 28.1 Å². The number of rotatable bonds is 8. The topological polar surface area (TPSA) is 18.5 Å². The molecule has 0 saturated heterocycles. The number of hydrogen-bond acceptors (Lipinski definition) is 2. The lowest BCUT2D eigenvalue weighted by atomic mass is 9.40. The molecule has 1 unspecified atom stereocenters. The summed E-state index contributed by atoms with van der Waals surface area (Å²) >= 11 is 6.46. The molecule has 4 aromatic carbocycles. The molecule has 42 heavy (non-hydrogen) atoms. The van der Waals surface area contributed by atoms with Crippen LogP contribution in [0.15, 0.2) is 91.0 Å². The van der Waals surface area contributed by atoms with Crippen molar-refractivity contribution in [2.24, 2.45) is 0 Å². The van der Waals surface area contributed by atoms with Gasteiger partial charge >= 0.3 is 0 Å². The van der Waals surface area contributed by atoms with E-state index in [-0.39, 0.29) is 11.9 Å². The van der Waals surface area contributed by atoms with Gasteiger partial charge in [0.1, 0.15) is 23.4 Å². The van der Waals surface area contributed by atoms with Crippen molar-refractivity contribution in [3.8, 4) is 11.5 Å². The van der Waals surface area contributed by atoms with Crippen LogP contribution in [0.5, 0.6) is 11.5 Å². The minimum Gasteiger partial charge on any atom is -0.497 e. The third kappa shape index (κ3) is 4.61. The third-order valence-electron chi connectivity index (χ3n) is 10.8. The largest absolute Gasteiger partial charge is 0.497 e. The summed E-state index contributed by atoms with van der Waals surface area (Å²) in [4.78, 5) is 0. The molecule has 1 heterocycles. The number of methoxy groups -OCH3 is 1. The highest BCUT2D eigenvalue weighted by Gasteiger charge is 2.62. The Morgan fingerprint density at radius 2 is 1.17 bits per heavy atom. The number of hydrogen-bond donors (Lipinski definition) is 0. The molecule has 0 N–H and O–H groups in total. The van der Waals surface area contributed by atoms with Crippen LogP contribution < -0.4 is 9.47 Å². The van der Waals surface area contributed by atoms with Crippen LogP contribution in [0, 0.1) is 5.82 Å². The van der Waals surface area contributed by atoms with Crippen LogP contribution in [0.25, 0.3) is 0 Å². The molecule has 0 bridgehead atoms. The van der Waals surface area contributed by atoms with Gasteiger partial charge in [0.05, 0.1) is 7.11 Å². The lowest BCUT2D eigenvalue weighted by Gasteiger charge is -2.62. The quantitative estimate of drug-likeness (QED) is 0.205. The van der Waals surface area contributed by atoms with Crippen LogP contribution in [0.4, 0.5) is 4.39 Å². The second-order valence-electron chi connectivity index (χ2n) is 13.2. The maximum atomic E-state index is 14.5. The number of benzene rings is 4. The average molecular weight is 585 g/mol. The van der Waals surface area contributed by atoms with E-state index in [0.29, 0.717) is 5.02 Å². The first-order valence-electron chi connectivity index (χ1n) is 14.7. The molecule has 0 amide bonds. The molecule has 4 aromatic rings. The van der Waals surface area contributed by atoms with Crippen molar-refractivity contribution in [2.75, 3.05) is 7.11 Å². The third-order valence-corrected chi connectivity index (χ3v) is 11.0. The van der Waals surface area contributed by atoms with Gasteiger partial charge < -0.3 is 9.47 Å². The Morgan fingerprint density at radius 3 is 1.71 bits per heavy atom. The fraction of sp³-hybridized carbons (Fsp3) is 0.368. The summed E-state index contributed by atoms with van der Waals surface area (Å²) in [5, 5.41) is 0.693. The van der Waals surface area contributed by atoms with E-state index in [9.17, 15) is 4.39 Å². The Bertz CT molecular complexity index is 1560. The van der Waals surface area contributed by atoms with Gasteiger partial charge in [0.25, 0.3) is 0 Å². The lowest BCUT2D eigenvalue weighted by molar-refractivity contribution is 0.0817. The predicted molar refractivity (Wildman–Crippen MR) is 172 cm³/mol. The van der Waals surface area contributed by atoms with Crippen molar-refractivity contribution in [2.45, 2.75) is 82.7 Å². The normalized spacial score (nSPS) is 18.0. The van der Waals surface area contributed by atoms with E-state index in [1.54, 1.807) is 19.2 Å². The molecule has 1 aliphatic rings. The standard InChI is InChI=1S/C38H42ClFO2/c1-25-23-26-24-30(15-22-34(26)42-25)36(4,5)38(7,29-11-18-32(40)19-12-29)37(6,28-9-16-31(39)17-10-28)35(2,3)27-13-20-33(41-8)21-14-27/h9-22,24-25H,23H2,1-8H3/t25?,37-,38+/m0/s1. The zero-order valence-electron chi connectivity index (χ0n) is 26.0. The first kappa shape index (κ1) is 30.2. The highest BCUT2D eigenvalue weighted by Crippen LogP contribution is 2.62. The second-order valence-corrected chi connectivity index (χ2v) is 13.6. The molecular weight excluding hydrogens is 543 g/mol. The predicted octanol–water partition coefficient (Wildman–Crippen LogP) is 9.98. The summed E-state index contributed by atoms with van der Waals surface area (Å²) in [6, 6.07) is 30.4. The maximum absolute atomic E-state index is 14.5. The van der Waals surface area contributed by atoms with Crippen LogP contribution in [-0.4, -0.2) is 13.2 Å². The summed E-state index contributed by atoms with van der Waals surface area (Å²) in [5.74, 6) is 1.54. The van der Waals surface area contributed by atoms with E-state index in [4.69, 9.17) is 21.1 Å². The molecule has 5 rings (SSSR count).